The zero-order valence-corrected chi connectivity index (χ0v) is 20.0. The van der Waals surface area contributed by atoms with E-state index < -0.39 is 0 Å². The van der Waals surface area contributed by atoms with Crippen LogP contribution < -0.4 is 4.90 Å². The van der Waals surface area contributed by atoms with Gasteiger partial charge < -0.3 is 9.64 Å². The molecule has 32 heavy (non-hydrogen) atoms. The first-order chi connectivity index (χ1) is 15.6. The van der Waals surface area contributed by atoms with Crippen LogP contribution in [-0.4, -0.2) is 60.5 Å². The topological polar surface area (TPSA) is 36.0 Å². The van der Waals surface area contributed by atoms with Crippen molar-refractivity contribution in [2.24, 2.45) is 0 Å². The number of piperazine rings is 1. The van der Waals surface area contributed by atoms with Crippen molar-refractivity contribution < 1.29 is 9.53 Å². The number of hydrogen-bond acceptors (Lipinski definition) is 5. The molecule has 2 aliphatic heterocycles. The number of carbonyl (C=O) groups is 1. The number of morpholine rings is 1. The molecular formula is C24H25Cl2N3O2S. The van der Waals surface area contributed by atoms with Crippen LogP contribution in [0.5, 0.6) is 0 Å². The normalized spacial score (nSPS) is 21.2. The standard InChI is InChI=1S/C24H25Cl2N3O2S/c25-20-8-7-19(16-21(20)26)32-29-13-14-31-23(24(29)30)15-17-3-1-2-4-22(17)28-11-9-27(10-12-28)18-5-6-18/h1-4,7-8,15-16,18H,5-6,9-14H2. The summed E-state index contributed by atoms with van der Waals surface area (Å²) in [6.07, 6.45) is 4.57. The van der Waals surface area contributed by atoms with Crippen LogP contribution in [0.4, 0.5) is 5.69 Å². The summed E-state index contributed by atoms with van der Waals surface area (Å²) in [6.45, 7) is 5.16. The molecule has 0 atom stereocenters. The largest absolute Gasteiger partial charge is 0.486 e. The minimum atomic E-state index is -0.138. The molecule has 8 heteroatoms. The first kappa shape index (κ1) is 22.0. The van der Waals surface area contributed by atoms with Gasteiger partial charge in [-0.3, -0.25) is 14.0 Å². The second-order valence-electron chi connectivity index (χ2n) is 8.24. The van der Waals surface area contributed by atoms with Crippen molar-refractivity contribution >= 4 is 52.8 Å². The van der Waals surface area contributed by atoms with E-state index in [2.05, 4.69) is 28.0 Å². The number of ether oxygens (including phenoxy) is 1. The fourth-order valence-electron chi connectivity index (χ4n) is 4.18. The van der Waals surface area contributed by atoms with E-state index in [0.717, 1.165) is 48.4 Å². The summed E-state index contributed by atoms with van der Waals surface area (Å²) < 4.78 is 7.50. The predicted octanol–water partition coefficient (Wildman–Crippen LogP) is 5.18. The van der Waals surface area contributed by atoms with Gasteiger partial charge in [0.1, 0.15) is 6.61 Å². The monoisotopic (exact) mass is 489 g/mol. The number of benzene rings is 2. The first-order valence-electron chi connectivity index (χ1n) is 11.0. The van der Waals surface area contributed by atoms with Crippen molar-refractivity contribution in [1.82, 2.24) is 9.21 Å². The molecule has 2 aromatic rings. The van der Waals surface area contributed by atoms with Crippen LogP contribution in [0.3, 0.4) is 0 Å². The van der Waals surface area contributed by atoms with Crippen molar-refractivity contribution in [2.75, 3.05) is 44.2 Å². The van der Waals surface area contributed by atoms with Gasteiger partial charge in [0.25, 0.3) is 5.91 Å². The fraction of sp³-hybridized carbons (Fsp3) is 0.375. The lowest BCUT2D eigenvalue weighted by atomic mass is 10.1. The zero-order valence-electron chi connectivity index (χ0n) is 17.7. The Hall–Kier alpha value is -1.86. The molecule has 2 aromatic carbocycles. The van der Waals surface area contributed by atoms with Crippen molar-refractivity contribution in [3.63, 3.8) is 0 Å². The molecule has 0 bridgehead atoms. The second kappa shape index (κ2) is 9.56. The molecule has 3 fully saturated rings. The van der Waals surface area contributed by atoms with E-state index in [4.69, 9.17) is 27.9 Å². The van der Waals surface area contributed by atoms with Crippen LogP contribution in [0.2, 0.25) is 10.0 Å². The highest BCUT2D eigenvalue weighted by molar-refractivity contribution is 7.97. The van der Waals surface area contributed by atoms with Crippen molar-refractivity contribution in [3.05, 3.63) is 63.8 Å². The van der Waals surface area contributed by atoms with Gasteiger partial charge in [0.15, 0.2) is 5.76 Å². The summed E-state index contributed by atoms with van der Waals surface area (Å²) in [5, 5.41) is 0.975. The Bertz CT molecular complexity index is 1040. The maximum atomic E-state index is 13.1. The Balaban J connectivity index is 1.32. The van der Waals surface area contributed by atoms with Crippen LogP contribution >= 0.6 is 35.1 Å². The number of amides is 1. The average Bonchev–Trinajstić information content (AvgIpc) is 3.65. The van der Waals surface area contributed by atoms with E-state index in [1.165, 1.54) is 24.8 Å². The van der Waals surface area contributed by atoms with E-state index in [-0.39, 0.29) is 5.91 Å². The lowest BCUT2D eigenvalue weighted by Gasteiger charge is -2.37. The Morgan fingerprint density at radius 3 is 2.50 bits per heavy atom. The number of anilines is 1. The summed E-state index contributed by atoms with van der Waals surface area (Å²) in [5.74, 6) is 0.230. The van der Waals surface area contributed by atoms with Crippen LogP contribution in [-0.2, 0) is 9.53 Å². The zero-order chi connectivity index (χ0) is 22.1. The van der Waals surface area contributed by atoms with Crippen molar-refractivity contribution in [2.45, 2.75) is 23.8 Å². The van der Waals surface area contributed by atoms with Gasteiger partial charge in [-0.15, -0.1) is 0 Å². The fourth-order valence-corrected chi connectivity index (χ4v) is 5.44. The van der Waals surface area contributed by atoms with Gasteiger partial charge in [-0.05, 0) is 55.1 Å². The molecule has 168 valence electrons. The van der Waals surface area contributed by atoms with E-state index in [1.807, 2.05) is 18.2 Å². The SMILES string of the molecule is O=C1C(=Cc2ccccc2N2CCN(C3CC3)CC2)OCCN1Sc1ccc(Cl)c(Cl)c1. The van der Waals surface area contributed by atoms with Gasteiger partial charge in [-0.2, -0.15) is 0 Å². The molecule has 0 spiro atoms. The maximum absolute atomic E-state index is 13.1. The number of hydrogen-bond donors (Lipinski definition) is 0. The van der Waals surface area contributed by atoms with Crippen molar-refractivity contribution in [3.8, 4) is 0 Å². The first-order valence-corrected chi connectivity index (χ1v) is 12.5. The summed E-state index contributed by atoms with van der Waals surface area (Å²) in [6, 6.07) is 14.4. The Morgan fingerprint density at radius 1 is 0.969 bits per heavy atom. The third kappa shape index (κ3) is 4.88. The van der Waals surface area contributed by atoms with E-state index in [9.17, 15) is 4.79 Å². The smallest absolute Gasteiger partial charge is 0.299 e. The second-order valence-corrected chi connectivity index (χ2v) is 10.2. The Kier molecular flexibility index (Phi) is 6.56. The van der Waals surface area contributed by atoms with Crippen LogP contribution in [0.1, 0.15) is 18.4 Å². The minimum Gasteiger partial charge on any atom is -0.486 e. The van der Waals surface area contributed by atoms with Crippen LogP contribution in [0.15, 0.2) is 53.1 Å². The number of nitrogens with zero attached hydrogens (tertiary/aromatic N) is 3. The number of halogens is 2. The lowest BCUT2D eigenvalue weighted by molar-refractivity contribution is -0.129. The number of para-hydroxylation sites is 1. The Morgan fingerprint density at radius 2 is 1.75 bits per heavy atom. The minimum absolute atomic E-state index is 0.138. The molecular weight excluding hydrogens is 465 g/mol. The molecule has 5 rings (SSSR count). The molecule has 2 saturated heterocycles. The van der Waals surface area contributed by atoms with Gasteiger partial charge in [0, 0.05) is 48.4 Å². The molecule has 1 aliphatic carbocycles. The summed E-state index contributed by atoms with van der Waals surface area (Å²) in [4.78, 5) is 19.0. The molecule has 1 saturated carbocycles. The molecule has 0 aromatic heterocycles. The van der Waals surface area contributed by atoms with E-state index in [0.29, 0.717) is 29.0 Å². The molecule has 0 N–H and O–H groups in total. The lowest BCUT2D eigenvalue weighted by Crippen LogP contribution is -2.47. The third-order valence-corrected chi connectivity index (χ3v) is 7.81. The van der Waals surface area contributed by atoms with Gasteiger partial charge in [0.2, 0.25) is 0 Å². The molecule has 0 unspecified atom stereocenters. The van der Waals surface area contributed by atoms with Crippen LogP contribution in [0.25, 0.3) is 6.08 Å². The van der Waals surface area contributed by atoms with Gasteiger partial charge >= 0.3 is 0 Å². The number of rotatable bonds is 5. The van der Waals surface area contributed by atoms with Crippen molar-refractivity contribution in [1.29, 1.82) is 0 Å². The highest BCUT2D eigenvalue weighted by atomic mass is 35.5. The maximum Gasteiger partial charge on any atom is 0.299 e. The van der Waals surface area contributed by atoms with E-state index >= 15 is 0 Å². The number of carbonyl (C=O) groups excluding carboxylic acids is 1. The Labute approximate surface area is 203 Å². The average molecular weight is 490 g/mol. The molecule has 3 aliphatic rings. The summed E-state index contributed by atoms with van der Waals surface area (Å²) in [7, 11) is 0. The predicted molar refractivity (Wildman–Crippen MR) is 131 cm³/mol. The van der Waals surface area contributed by atoms with Crippen LogP contribution in [0, 0.1) is 0 Å². The molecule has 1 amide bonds. The molecule has 0 radical (unpaired) electrons. The van der Waals surface area contributed by atoms with Gasteiger partial charge in [-0.25, -0.2) is 0 Å². The third-order valence-electron chi connectivity index (χ3n) is 6.04. The molecule has 5 nitrogen and oxygen atoms in total. The van der Waals surface area contributed by atoms with Gasteiger partial charge in [0.05, 0.1) is 16.6 Å². The summed E-state index contributed by atoms with van der Waals surface area (Å²) >= 11 is 13.5. The quantitative estimate of drug-likeness (QED) is 0.426. The van der Waals surface area contributed by atoms with E-state index in [1.54, 1.807) is 16.4 Å². The van der Waals surface area contributed by atoms with Gasteiger partial charge in [-0.1, -0.05) is 41.4 Å². The molecule has 2 heterocycles. The highest BCUT2D eigenvalue weighted by Gasteiger charge is 2.32. The summed E-state index contributed by atoms with van der Waals surface area (Å²) in [5.41, 5.74) is 2.17. The highest BCUT2D eigenvalue weighted by Crippen LogP contribution is 2.33.